The van der Waals surface area contributed by atoms with Crippen molar-refractivity contribution in [2.75, 3.05) is 0 Å². The van der Waals surface area contributed by atoms with Crippen LogP contribution in [0.15, 0.2) is 52.7 Å². The van der Waals surface area contributed by atoms with Crippen molar-refractivity contribution in [2.24, 2.45) is 11.1 Å². The van der Waals surface area contributed by atoms with Crippen LogP contribution in [0.1, 0.15) is 40.2 Å². The summed E-state index contributed by atoms with van der Waals surface area (Å²) in [4.78, 5) is 15.5. The molecule has 0 saturated heterocycles. The summed E-state index contributed by atoms with van der Waals surface area (Å²) in [7, 11) is -2.02. The number of rotatable bonds is 9. The van der Waals surface area contributed by atoms with Gasteiger partial charge in [0.25, 0.3) is 0 Å². The summed E-state index contributed by atoms with van der Waals surface area (Å²) >= 11 is 1.06. The first-order valence-corrected chi connectivity index (χ1v) is 13.7. The number of halogens is 4. The fourth-order valence-corrected chi connectivity index (χ4v) is 5.41. The predicted molar refractivity (Wildman–Crippen MR) is 135 cm³/mol. The molecule has 0 amide bonds. The molecule has 3 N–H and O–H groups in total. The molecule has 39 heavy (non-hydrogen) atoms. The fourth-order valence-electron chi connectivity index (χ4n) is 4.19. The van der Waals surface area contributed by atoms with E-state index in [2.05, 4.69) is 14.8 Å². The Hall–Kier alpha value is -3.62. The largest absolute Gasteiger partial charge is 0.573 e. The van der Waals surface area contributed by atoms with Gasteiger partial charge < -0.3 is 9.84 Å². The Morgan fingerprint density at radius 2 is 2.00 bits per heavy atom. The molecule has 1 aliphatic rings. The van der Waals surface area contributed by atoms with Crippen molar-refractivity contribution in [2.45, 2.75) is 36.9 Å². The molecule has 2 aromatic carbocycles. The molecule has 8 nitrogen and oxygen atoms in total. The Labute approximate surface area is 225 Å². The van der Waals surface area contributed by atoms with Crippen molar-refractivity contribution in [3.63, 3.8) is 0 Å². The molecule has 14 heteroatoms. The Balaban J connectivity index is 1.67. The number of thiazole rings is 1. The summed E-state index contributed by atoms with van der Waals surface area (Å²) in [6.45, 7) is 0. The number of nitrogens with zero attached hydrogens (tertiary/aromatic N) is 3. The van der Waals surface area contributed by atoms with Gasteiger partial charge in [0, 0.05) is 22.9 Å². The van der Waals surface area contributed by atoms with Gasteiger partial charge in [-0.1, -0.05) is 18.2 Å². The van der Waals surface area contributed by atoms with Gasteiger partial charge >= 0.3 is 12.3 Å². The average Bonchev–Trinajstić information content (AvgIpc) is 3.40. The molecule has 2 aromatic heterocycles. The molecule has 1 aliphatic carbocycles. The maximum Gasteiger partial charge on any atom is 0.573 e. The van der Waals surface area contributed by atoms with Crippen molar-refractivity contribution >= 4 is 28.3 Å². The van der Waals surface area contributed by atoms with Gasteiger partial charge in [0.15, 0.2) is 5.69 Å². The van der Waals surface area contributed by atoms with E-state index in [1.165, 1.54) is 40.4 Å². The van der Waals surface area contributed by atoms with Crippen molar-refractivity contribution in [1.29, 1.82) is 0 Å². The van der Waals surface area contributed by atoms with Gasteiger partial charge in [0.2, 0.25) is 5.13 Å². The first-order valence-electron chi connectivity index (χ1n) is 11.6. The van der Waals surface area contributed by atoms with Gasteiger partial charge in [-0.2, -0.15) is 5.10 Å². The lowest BCUT2D eigenvalue weighted by molar-refractivity contribution is -0.274. The number of carboxylic acid groups (broad SMARTS) is 1. The normalized spacial score (nSPS) is 14.4. The van der Waals surface area contributed by atoms with Crippen LogP contribution in [-0.2, 0) is 23.8 Å². The van der Waals surface area contributed by atoms with Gasteiger partial charge in [-0.3, -0.25) is 0 Å². The van der Waals surface area contributed by atoms with E-state index in [9.17, 15) is 31.7 Å². The third-order valence-electron chi connectivity index (χ3n) is 6.10. The second-order valence-electron chi connectivity index (χ2n) is 8.97. The van der Waals surface area contributed by atoms with E-state index in [4.69, 9.17) is 5.14 Å². The molecule has 0 spiro atoms. The number of hydrogen-bond donors (Lipinski definition) is 2. The zero-order valence-corrected chi connectivity index (χ0v) is 21.6. The van der Waals surface area contributed by atoms with Crippen LogP contribution in [0.2, 0.25) is 0 Å². The Morgan fingerprint density at radius 1 is 1.23 bits per heavy atom. The smallest absolute Gasteiger partial charge is 0.476 e. The lowest BCUT2D eigenvalue weighted by Gasteiger charge is -2.11. The molecule has 2 heterocycles. The van der Waals surface area contributed by atoms with Crippen molar-refractivity contribution in [3.8, 4) is 22.1 Å². The molecular weight excluding hydrogens is 560 g/mol. The van der Waals surface area contributed by atoms with Crippen LogP contribution < -0.4 is 9.88 Å². The van der Waals surface area contributed by atoms with E-state index < -0.39 is 34.9 Å². The topological polar surface area (TPSA) is 120 Å². The lowest BCUT2D eigenvalue weighted by Crippen LogP contribution is -2.17. The first kappa shape index (κ1) is 27.0. The van der Waals surface area contributed by atoms with E-state index >= 15 is 0 Å². The molecule has 1 unspecified atom stereocenters. The number of aromatic carboxylic acids is 1. The number of carbonyl (C=O) groups is 1. The van der Waals surface area contributed by atoms with Gasteiger partial charge in [0.05, 0.1) is 16.3 Å². The quantitative estimate of drug-likeness (QED) is 0.261. The number of hydrogen-bond acceptors (Lipinski definition) is 6. The van der Waals surface area contributed by atoms with Crippen LogP contribution in [0, 0.1) is 11.7 Å². The van der Waals surface area contributed by atoms with Crippen molar-refractivity contribution in [1.82, 2.24) is 14.8 Å². The van der Waals surface area contributed by atoms with Crippen LogP contribution in [0.25, 0.3) is 16.4 Å². The fraction of sp³-hybridized carbons (Fsp3) is 0.240. The van der Waals surface area contributed by atoms with Crippen LogP contribution in [0.5, 0.6) is 5.75 Å². The molecule has 1 atom stereocenters. The number of nitrogens with two attached hydrogens (primary N) is 1. The molecule has 0 bridgehead atoms. The SMILES string of the molecule is NS(=O)c1ccc(Cc2c(-c3cccc(OC(F)(F)F)c3)nn(-c3nc(C(=O)O)cs3)c2CC2CC2)cc1F. The maximum atomic E-state index is 14.6. The average molecular weight is 581 g/mol. The highest BCUT2D eigenvalue weighted by molar-refractivity contribution is 7.82. The van der Waals surface area contributed by atoms with Crippen LogP contribution in [0.3, 0.4) is 0 Å². The van der Waals surface area contributed by atoms with E-state index in [0.29, 0.717) is 40.4 Å². The third kappa shape index (κ3) is 6.18. The summed E-state index contributed by atoms with van der Waals surface area (Å²) in [6, 6.07) is 9.44. The highest BCUT2D eigenvalue weighted by atomic mass is 32.2. The van der Waals surface area contributed by atoms with Crippen molar-refractivity contribution in [3.05, 3.63) is 76.2 Å². The molecule has 0 radical (unpaired) electrons. The second kappa shape index (κ2) is 10.5. The van der Waals surface area contributed by atoms with E-state index in [1.54, 1.807) is 12.1 Å². The van der Waals surface area contributed by atoms with Crippen LogP contribution in [-0.4, -0.2) is 36.4 Å². The van der Waals surface area contributed by atoms with Gasteiger partial charge in [0.1, 0.15) is 22.6 Å². The maximum absolute atomic E-state index is 14.6. The number of alkyl halides is 3. The predicted octanol–water partition coefficient (Wildman–Crippen LogP) is 5.26. The number of ether oxygens (including phenoxy) is 1. The molecule has 1 fully saturated rings. The molecule has 4 aromatic rings. The minimum Gasteiger partial charge on any atom is -0.476 e. The summed E-state index contributed by atoms with van der Waals surface area (Å²) in [6.07, 6.45) is -2.27. The Kier molecular flexibility index (Phi) is 7.27. The van der Waals surface area contributed by atoms with Crippen molar-refractivity contribution < 1.29 is 36.4 Å². The zero-order valence-electron chi connectivity index (χ0n) is 19.9. The number of carboxylic acids is 1. The van der Waals surface area contributed by atoms with E-state index in [1.807, 2.05) is 0 Å². The summed E-state index contributed by atoms with van der Waals surface area (Å²) in [5.74, 6) is -2.06. The third-order valence-corrected chi connectivity index (χ3v) is 7.68. The van der Waals surface area contributed by atoms with Gasteiger partial charge in [-0.05, 0) is 55.0 Å². The highest BCUT2D eigenvalue weighted by Gasteiger charge is 2.32. The van der Waals surface area contributed by atoms with Crippen LogP contribution >= 0.6 is 11.3 Å². The number of benzene rings is 2. The van der Waals surface area contributed by atoms with Crippen LogP contribution in [0.4, 0.5) is 17.6 Å². The second-order valence-corrected chi connectivity index (χ2v) is 10.8. The monoisotopic (exact) mass is 580 g/mol. The molecule has 204 valence electrons. The van der Waals surface area contributed by atoms with E-state index in [0.717, 1.165) is 24.2 Å². The lowest BCUT2D eigenvalue weighted by atomic mass is 9.97. The van der Waals surface area contributed by atoms with Gasteiger partial charge in [-0.25, -0.2) is 28.2 Å². The van der Waals surface area contributed by atoms with Gasteiger partial charge in [-0.15, -0.1) is 24.5 Å². The molecular formula is C25H20F4N4O4S2. The van der Waals surface area contributed by atoms with E-state index in [-0.39, 0.29) is 22.1 Å². The molecule has 0 aliphatic heterocycles. The zero-order chi connectivity index (χ0) is 27.9. The molecule has 1 saturated carbocycles. The summed E-state index contributed by atoms with van der Waals surface area (Å²) < 4.78 is 70.6. The Morgan fingerprint density at radius 3 is 2.62 bits per heavy atom. The molecule has 5 rings (SSSR count). The summed E-state index contributed by atoms with van der Waals surface area (Å²) in [5.41, 5.74) is 2.26. The Bertz CT molecular complexity index is 1580. The first-order chi connectivity index (χ1) is 18.5. The summed E-state index contributed by atoms with van der Waals surface area (Å²) in [5, 5.41) is 21.0. The number of aromatic nitrogens is 3. The standard InChI is InChI=1S/C25H20F4N4O4S2/c26-18-9-14(6-7-21(18)39(30)36)8-17-20(10-13-4-5-13)33(24-31-19(12-38-24)23(34)35)32-22(17)15-2-1-3-16(11-15)37-25(27,28)29/h1-3,6-7,9,11-13H,4-5,8,10,30H2,(H,34,35). The highest BCUT2D eigenvalue weighted by Crippen LogP contribution is 2.39. The minimum absolute atomic E-state index is 0.132. The minimum atomic E-state index is -4.89.